The molecule has 1 aliphatic carbocycles. The predicted octanol–water partition coefficient (Wildman–Crippen LogP) is 1.90. The molecule has 1 saturated carbocycles. The van der Waals surface area contributed by atoms with Crippen LogP contribution in [0.15, 0.2) is 0 Å². The fraction of sp³-hybridized carbons (Fsp3) is 0.917. The lowest BCUT2D eigenvalue weighted by Crippen LogP contribution is -2.38. The lowest BCUT2D eigenvalue weighted by molar-refractivity contribution is -0.135. The van der Waals surface area contributed by atoms with E-state index in [1.165, 1.54) is 0 Å². The van der Waals surface area contributed by atoms with Crippen molar-refractivity contribution in [3.05, 3.63) is 0 Å². The number of hydrogen-bond acceptors (Lipinski definition) is 2. The monoisotopic (exact) mass is 248 g/mol. The highest BCUT2D eigenvalue weighted by Crippen LogP contribution is 2.32. The lowest BCUT2D eigenvalue weighted by atomic mass is 9.94. The summed E-state index contributed by atoms with van der Waals surface area (Å²) in [5.41, 5.74) is 5.69. The predicted molar refractivity (Wildman–Crippen MR) is 69.6 cm³/mol. The molecule has 96 valence electrons. The summed E-state index contributed by atoms with van der Waals surface area (Å²) in [6, 6.07) is 0. The molecule has 0 radical (unpaired) electrons. The van der Waals surface area contributed by atoms with Gasteiger partial charge in [0.1, 0.15) is 0 Å². The molecule has 0 saturated heterocycles. The van der Waals surface area contributed by atoms with E-state index in [-0.39, 0.29) is 18.3 Å². The van der Waals surface area contributed by atoms with Crippen LogP contribution in [0.4, 0.5) is 0 Å². The van der Waals surface area contributed by atoms with Crippen molar-refractivity contribution in [2.75, 3.05) is 20.1 Å². The molecule has 0 heterocycles. The summed E-state index contributed by atoms with van der Waals surface area (Å²) in [6.07, 6.45) is 3.32. The van der Waals surface area contributed by atoms with E-state index in [9.17, 15) is 4.79 Å². The zero-order chi connectivity index (χ0) is 11.4. The fourth-order valence-corrected chi connectivity index (χ4v) is 2.56. The van der Waals surface area contributed by atoms with E-state index in [0.717, 1.165) is 25.8 Å². The molecule has 0 aromatic heterocycles. The van der Waals surface area contributed by atoms with Crippen molar-refractivity contribution in [1.29, 1.82) is 0 Å². The van der Waals surface area contributed by atoms with Gasteiger partial charge < -0.3 is 10.6 Å². The first kappa shape index (κ1) is 15.7. The van der Waals surface area contributed by atoms with E-state index in [2.05, 4.69) is 13.8 Å². The first-order valence-electron chi connectivity index (χ1n) is 6.01. The summed E-state index contributed by atoms with van der Waals surface area (Å²) in [5.74, 6) is 1.46. The van der Waals surface area contributed by atoms with Crippen LogP contribution in [0.3, 0.4) is 0 Å². The van der Waals surface area contributed by atoms with Crippen molar-refractivity contribution in [3.8, 4) is 0 Å². The molecule has 0 unspecified atom stereocenters. The molecule has 0 aromatic carbocycles. The van der Waals surface area contributed by atoms with Gasteiger partial charge in [-0.15, -0.1) is 12.4 Å². The fourth-order valence-electron chi connectivity index (χ4n) is 2.56. The van der Waals surface area contributed by atoms with Crippen LogP contribution >= 0.6 is 12.4 Å². The molecule has 0 aliphatic heterocycles. The van der Waals surface area contributed by atoms with Crippen LogP contribution < -0.4 is 5.73 Å². The van der Waals surface area contributed by atoms with Crippen LogP contribution in [-0.2, 0) is 4.79 Å². The van der Waals surface area contributed by atoms with Gasteiger partial charge in [0.2, 0.25) is 5.91 Å². The Morgan fingerprint density at radius 1 is 1.44 bits per heavy atom. The van der Waals surface area contributed by atoms with Gasteiger partial charge in [0.25, 0.3) is 0 Å². The van der Waals surface area contributed by atoms with E-state index >= 15 is 0 Å². The summed E-state index contributed by atoms with van der Waals surface area (Å²) >= 11 is 0. The van der Waals surface area contributed by atoms with E-state index in [1.54, 1.807) is 0 Å². The maximum absolute atomic E-state index is 12.1. The van der Waals surface area contributed by atoms with Crippen LogP contribution in [0.2, 0.25) is 0 Å². The molecule has 3 nitrogen and oxygen atoms in total. The van der Waals surface area contributed by atoms with Gasteiger partial charge in [-0.25, -0.2) is 0 Å². The Hall–Kier alpha value is -0.280. The maximum atomic E-state index is 12.1. The highest BCUT2D eigenvalue weighted by Gasteiger charge is 2.33. The van der Waals surface area contributed by atoms with E-state index in [4.69, 9.17) is 5.73 Å². The first-order valence-corrected chi connectivity index (χ1v) is 6.01. The van der Waals surface area contributed by atoms with Crippen molar-refractivity contribution >= 4 is 18.3 Å². The molecular formula is C12H25ClN2O. The second-order valence-electron chi connectivity index (χ2n) is 5.15. The van der Waals surface area contributed by atoms with Gasteiger partial charge in [-0.2, -0.15) is 0 Å². The van der Waals surface area contributed by atoms with Crippen molar-refractivity contribution < 1.29 is 4.79 Å². The number of rotatable bonds is 4. The quantitative estimate of drug-likeness (QED) is 0.826. The minimum absolute atomic E-state index is 0. The van der Waals surface area contributed by atoms with Crippen molar-refractivity contribution in [2.45, 2.75) is 33.1 Å². The zero-order valence-corrected chi connectivity index (χ0v) is 11.4. The molecule has 0 aromatic rings. The van der Waals surface area contributed by atoms with Gasteiger partial charge in [-0.05, 0) is 31.2 Å². The average molecular weight is 249 g/mol. The van der Waals surface area contributed by atoms with Crippen LogP contribution in [0, 0.1) is 17.8 Å². The highest BCUT2D eigenvalue weighted by atomic mass is 35.5. The van der Waals surface area contributed by atoms with E-state index < -0.39 is 0 Å². The smallest absolute Gasteiger partial charge is 0.225 e. The minimum atomic E-state index is 0. The van der Waals surface area contributed by atoms with Gasteiger partial charge in [0.15, 0.2) is 0 Å². The number of nitrogens with zero attached hydrogens (tertiary/aromatic N) is 1. The number of hydrogen-bond donors (Lipinski definition) is 1. The Morgan fingerprint density at radius 3 is 2.56 bits per heavy atom. The molecule has 1 fully saturated rings. The third-order valence-electron chi connectivity index (χ3n) is 3.29. The zero-order valence-electron chi connectivity index (χ0n) is 10.6. The Labute approximate surface area is 105 Å². The second-order valence-corrected chi connectivity index (χ2v) is 5.15. The molecule has 1 rings (SSSR count). The Balaban J connectivity index is 0.00000225. The maximum Gasteiger partial charge on any atom is 0.225 e. The highest BCUT2D eigenvalue weighted by molar-refractivity contribution is 5.85. The number of carbonyl (C=O) groups excluding carboxylic acids is 1. The van der Waals surface area contributed by atoms with Gasteiger partial charge in [0.05, 0.1) is 0 Å². The van der Waals surface area contributed by atoms with Crippen molar-refractivity contribution in [1.82, 2.24) is 4.90 Å². The summed E-state index contributed by atoms with van der Waals surface area (Å²) < 4.78 is 0. The van der Waals surface area contributed by atoms with Gasteiger partial charge in [-0.3, -0.25) is 4.79 Å². The summed E-state index contributed by atoms with van der Waals surface area (Å²) in [6.45, 7) is 5.79. The summed E-state index contributed by atoms with van der Waals surface area (Å²) in [7, 11) is 1.91. The second kappa shape index (κ2) is 7.13. The number of nitrogens with two attached hydrogens (primary N) is 1. The molecule has 2 atom stereocenters. The molecule has 1 amide bonds. The molecule has 0 spiro atoms. The normalized spacial score (nSPS) is 24.3. The van der Waals surface area contributed by atoms with Crippen LogP contribution in [-0.4, -0.2) is 30.9 Å². The molecule has 2 N–H and O–H groups in total. The number of amides is 1. The van der Waals surface area contributed by atoms with Crippen molar-refractivity contribution in [2.24, 2.45) is 23.5 Å². The topological polar surface area (TPSA) is 46.3 Å². The lowest BCUT2D eigenvalue weighted by Gasteiger charge is -2.25. The standard InChI is InChI=1S/C12H24N2O.ClH/c1-9(2)8-14(3)12(15)11-6-4-5-10(11)7-13;/h9-11H,4-8,13H2,1-3H3;1H/t10-,11-;/m1./s1. The van der Waals surface area contributed by atoms with Crippen LogP contribution in [0.1, 0.15) is 33.1 Å². The van der Waals surface area contributed by atoms with Gasteiger partial charge >= 0.3 is 0 Å². The Kier molecular flexibility index (Phi) is 7.00. The Bertz CT molecular complexity index is 221. The van der Waals surface area contributed by atoms with E-state index in [1.807, 2.05) is 11.9 Å². The van der Waals surface area contributed by atoms with E-state index in [0.29, 0.717) is 24.3 Å². The minimum Gasteiger partial charge on any atom is -0.345 e. The van der Waals surface area contributed by atoms with Gasteiger partial charge in [0, 0.05) is 19.5 Å². The number of halogens is 1. The molecular weight excluding hydrogens is 224 g/mol. The third-order valence-corrected chi connectivity index (χ3v) is 3.29. The molecule has 1 aliphatic rings. The SMILES string of the molecule is CC(C)CN(C)C(=O)[C@@H]1CCC[C@@H]1CN.Cl. The largest absolute Gasteiger partial charge is 0.345 e. The third kappa shape index (κ3) is 3.95. The Morgan fingerprint density at radius 2 is 2.06 bits per heavy atom. The molecule has 16 heavy (non-hydrogen) atoms. The number of carbonyl (C=O) groups is 1. The summed E-state index contributed by atoms with van der Waals surface area (Å²) in [4.78, 5) is 14.0. The van der Waals surface area contributed by atoms with Crippen LogP contribution in [0.25, 0.3) is 0 Å². The van der Waals surface area contributed by atoms with Crippen molar-refractivity contribution in [3.63, 3.8) is 0 Å². The summed E-state index contributed by atoms with van der Waals surface area (Å²) in [5, 5.41) is 0. The first-order chi connectivity index (χ1) is 7.06. The molecule has 4 heteroatoms. The van der Waals surface area contributed by atoms with Crippen LogP contribution in [0.5, 0.6) is 0 Å². The van der Waals surface area contributed by atoms with Gasteiger partial charge in [-0.1, -0.05) is 20.3 Å². The average Bonchev–Trinajstić information content (AvgIpc) is 2.62. The molecule has 0 bridgehead atoms.